The lowest BCUT2D eigenvalue weighted by Crippen LogP contribution is -2.28. The van der Waals surface area contributed by atoms with Gasteiger partial charge in [0.2, 0.25) is 0 Å². The summed E-state index contributed by atoms with van der Waals surface area (Å²) >= 11 is 0. The predicted molar refractivity (Wildman–Crippen MR) is 75.2 cm³/mol. The molecule has 0 bridgehead atoms. The molecule has 2 rings (SSSR count). The minimum Gasteiger partial charge on any atom is -0.387 e. The van der Waals surface area contributed by atoms with Crippen molar-refractivity contribution in [3.63, 3.8) is 0 Å². The molecular weight excluding hydrogens is 295 g/mol. The summed E-state index contributed by atoms with van der Waals surface area (Å²) in [6.45, 7) is -0.0842. The smallest absolute Gasteiger partial charge is 0.387 e. The van der Waals surface area contributed by atoms with Gasteiger partial charge >= 0.3 is 6.18 Å². The minimum atomic E-state index is -4.41. The zero-order valence-corrected chi connectivity index (χ0v) is 11.5. The van der Waals surface area contributed by atoms with Gasteiger partial charge in [-0.25, -0.2) is 0 Å². The summed E-state index contributed by atoms with van der Waals surface area (Å²) in [4.78, 5) is 11.8. The first-order valence-electron chi connectivity index (χ1n) is 6.56. The number of benzene rings is 2. The van der Waals surface area contributed by atoms with Crippen molar-refractivity contribution in [2.45, 2.75) is 12.3 Å². The molecule has 0 spiro atoms. The Morgan fingerprint density at radius 1 is 1.05 bits per heavy atom. The molecule has 2 N–H and O–H groups in total. The fourth-order valence-corrected chi connectivity index (χ4v) is 1.89. The van der Waals surface area contributed by atoms with Crippen molar-refractivity contribution in [2.75, 3.05) is 6.54 Å². The maximum Gasteiger partial charge on any atom is 0.416 e. The van der Waals surface area contributed by atoms with E-state index in [1.54, 1.807) is 30.3 Å². The minimum absolute atomic E-state index is 0.0842. The Balaban J connectivity index is 1.95. The number of alkyl halides is 3. The van der Waals surface area contributed by atoms with E-state index < -0.39 is 17.8 Å². The molecule has 0 aliphatic rings. The van der Waals surface area contributed by atoms with Gasteiger partial charge in [-0.15, -0.1) is 0 Å². The summed E-state index contributed by atoms with van der Waals surface area (Å²) in [6, 6.07) is 12.6. The Labute approximate surface area is 125 Å². The molecule has 1 amide bonds. The first-order valence-corrected chi connectivity index (χ1v) is 6.56. The van der Waals surface area contributed by atoms with E-state index in [-0.39, 0.29) is 12.5 Å². The second-order valence-corrected chi connectivity index (χ2v) is 4.71. The van der Waals surface area contributed by atoms with Crippen molar-refractivity contribution < 1.29 is 23.1 Å². The molecule has 0 heterocycles. The number of nitrogens with one attached hydrogen (secondary N) is 1. The van der Waals surface area contributed by atoms with Gasteiger partial charge in [-0.1, -0.05) is 30.3 Å². The third-order valence-electron chi connectivity index (χ3n) is 3.11. The predicted octanol–water partition coefficient (Wildman–Crippen LogP) is 3.17. The lowest BCUT2D eigenvalue weighted by Gasteiger charge is -2.13. The number of amides is 1. The number of rotatable bonds is 4. The number of halogens is 3. The van der Waals surface area contributed by atoms with Crippen LogP contribution in [-0.4, -0.2) is 17.6 Å². The van der Waals surface area contributed by atoms with Crippen molar-refractivity contribution in [3.05, 3.63) is 71.3 Å². The highest BCUT2D eigenvalue weighted by Gasteiger charge is 2.30. The summed E-state index contributed by atoms with van der Waals surface area (Å²) in [5.41, 5.74) is -0.0275. The van der Waals surface area contributed by atoms with Crippen molar-refractivity contribution in [1.29, 1.82) is 0 Å². The van der Waals surface area contributed by atoms with Crippen molar-refractivity contribution in [1.82, 2.24) is 5.32 Å². The third kappa shape index (κ3) is 4.08. The number of aliphatic hydroxyl groups excluding tert-OH is 1. The van der Waals surface area contributed by atoms with E-state index in [1.807, 2.05) is 0 Å². The van der Waals surface area contributed by atoms with Crippen LogP contribution in [0.2, 0.25) is 0 Å². The SMILES string of the molecule is O=C(NCC(O)c1ccc(C(F)(F)F)cc1)c1ccccc1. The number of carbonyl (C=O) groups is 1. The summed E-state index contributed by atoms with van der Waals surface area (Å²) in [6.07, 6.45) is -5.49. The van der Waals surface area contributed by atoms with E-state index >= 15 is 0 Å². The first-order chi connectivity index (χ1) is 10.4. The molecular formula is C16H14F3NO2. The summed E-state index contributed by atoms with van der Waals surface area (Å²) < 4.78 is 37.3. The molecule has 1 atom stereocenters. The van der Waals surface area contributed by atoms with Gasteiger partial charge in [-0.2, -0.15) is 13.2 Å². The van der Waals surface area contributed by atoms with Crippen LogP contribution >= 0.6 is 0 Å². The second kappa shape index (κ2) is 6.62. The molecule has 2 aromatic rings. The third-order valence-corrected chi connectivity index (χ3v) is 3.11. The maximum absolute atomic E-state index is 12.4. The van der Waals surface area contributed by atoms with E-state index in [0.717, 1.165) is 12.1 Å². The number of hydrogen-bond donors (Lipinski definition) is 2. The molecule has 0 saturated heterocycles. The molecule has 0 saturated carbocycles. The van der Waals surface area contributed by atoms with Crippen molar-refractivity contribution in [2.24, 2.45) is 0 Å². The van der Waals surface area contributed by atoms with Gasteiger partial charge < -0.3 is 10.4 Å². The summed E-state index contributed by atoms with van der Waals surface area (Å²) in [5, 5.41) is 12.4. The van der Waals surface area contributed by atoms with Crippen LogP contribution in [0.5, 0.6) is 0 Å². The van der Waals surface area contributed by atoms with Crippen LogP contribution in [0.1, 0.15) is 27.6 Å². The molecule has 116 valence electrons. The van der Waals surface area contributed by atoms with E-state index in [0.29, 0.717) is 11.1 Å². The van der Waals surface area contributed by atoms with Gasteiger partial charge in [0.15, 0.2) is 0 Å². The molecule has 3 nitrogen and oxygen atoms in total. The Morgan fingerprint density at radius 3 is 2.18 bits per heavy atom. The highest BCUT2D eigenvalue weighted by Crippen LogP contribution is 2.29. The second-order valence-electron chi connectivity index (χ2n) is 4.71. The zero-order valence-electron chi connectivity index (χ0n) is 11.5. The van der Waals surface area contributed by atoms with Crippen LogP contribution < -0.4 is 5.32 Å². The fourth-order valence-electron chi connectivity index (χ4n) is 1.89. The van der Waals surface area contributed by atoms with Crippen LogP contribution in [0.15, 0.2) is 54.6 Å². The van der Waals surface area contributed by atoms with E-state index in [1.165, 1.54) is 12.1 Å². The molecule has 2 aromatic carbocycles. The normalized spacial score (nSPS) is 12.7. The molecule has 0 aliphatic carbocycles. The molecule has 0 fully saturated rings. The maximum atomic E-state index is 12.4. The average Bonchev–Trinajstić information content (AvgIpc) is 2.52. The summed E-state index contributed by atoms with van der Waals surface area (Å²) in [7, 11) is 0. The Kier molecular flexibility index (Phi) is 4.82. The van der Waals surface area contributed by atoms with Crippen LogP contribution in [0.3, 0.4) is 0 Å². The summed E-state index contributed by atoms with van der Waals surface area (Å²) in [5.74, 6) is -0.355. The standard InChI is InChI=1S/C16H14F3NO2/c17-16(18,19)13-8-6-11(7-9-13)14(21)10-20-15(22)12-4-2-1-3-5-12/h1-9,14,21H,10H2,(H,20,22). The van der Waals surface area contributed by atoms with Gasteiger partial charge in [0.1, 0.15) is 0 Å². The lowest BCUT2D eigenvalue weighted by molar-refractivity contribution is -0.137. The number of aliphatic hydroxyl groups is 1. The van der Waals surface area contributed by atoms with E-state index in [9.17, 15) is 23.1 Å². The van der Waals surface area contributed by atoms with Crippen molar-refractivity contribution >= 4 is 5.91 Å². The largest absolute Gasteiger partial charge is 0.416 e. The number of carbonyl (C=O) groups excluding carboxylic acids is 1. The van der Waals surface area contributed by atoms with Gasteiger partial charge in [0, 0.05) is 12.1 Å². The molecule has 1 unspecified atom stereocenters. The monoisotopic (exact) mass is 309 g/mol. The Morgan fingerprint density at radius 2 is 1.64 bits per heavy atom. The molecule has 0 radical (unpaired) electrons. The Bertz CT molecular complexity index is 624. The van der Waals surface area contributed by atoms with Gasteiger partial charge in [0.25, 0.3) is 5.91 Å². The fraction of sp³-hybridized carbons (Fsp3) is 0.188. The van der Waals surface area contributed by atoms with Gasteiger partial charge in [0.05, 0.1) is 11.7 Å². The average molecular weight is 309 g/mol. The van der Waals surface area contributed by atoms with Crippen LogP contribution in [0.4, 0.5) is 13.2 Å². The first kappa shape index (κ1) is 16.0. The molecule has 6 heteroatoms. The van der Waals surface area contributed by atoms with E-state index in [4.69, 9.17) is 0 Å². The quantitative estimate of drug-likeness (QED) is 0.911. The zero-order chi connectivity index (χ0) is 16.2. The van der Waals surface area contributed by atoms with Gasteiger partial charge in [-0.05, 0) is 29.8 Å². The highest BCUT2D eigenvalue weighted by molar-refractivity contribution is 5.94. The molecule has 0 aromatic heterocycles. The highest BCUT2D eigenvalue weighted by atomic mass is 19.4. The van der Waals surface area contributed by atoms with Crippen LogP contribution in [0.25, 0.3) is 0 Å². The van der Waals surface area contributed by atoms with E-state index in [2.05, 4.69) is 5.32 Å². The lowest BCUT2D eigenvalue weighted by atomic mass is 10.1. The molecule has 22 heavy (non-hydrogen) atoms. The molecule has 0 aliphatic heterocycles. The van der Waals surface area contributed by atoms with Crippen LogP contribution in [-0.2, 0) is 6.18 Å². The van der Waals surface area contributed by atoms with Gasteiger partial charge in [-0.3, -0.25) is 4.79 Å². The van der Waals surface area contributed by atoms with Crippen molar-refractivity contribution in [3.8, 4) is 0 Å². The van der Waals surface area contributed by atoms with Crippen LogP contribution in [0, 0.1) is 0 Å². The Hall–Kier alpha value is -2.34. The number of hydrogen-bond acceptors (Lipinski definition) is 2. The topological polar surface area (TPSA) is 49.3 Å².